The van der Waals surface area contributed by atoms with Gasteiger partial charge in [-0.05, 0) is 78.9 Å². The van der Waals surface area contributed by atoms with Crippen LogP contribution in [0.3, 0.4) is 0 Å². The Morgan fingerprint density at radius 1 is 0.422 bits per heavy atom. The molecule has 0 radical (unpaired) electrons. The molecule has 45 heavy (non-hydrogen) atoms. The number of benzene rings is 6. The predicted molar refractivity (Wildman–Crippen MR) is 184 cm³/mol. The van der Waals surface area contributed by atoms with Gasteiger partial charge in [0.1, 0.15) is 5.69 Å². The lowest BCUT2D eigenvalue weighted by atomic mass is 10.1. The van der Waals surface area contributed by atoms with Crippen molar-refractivity contribution in [1.82, 2.24) is 15.0 Å². The van der Waals surface area contributed by atoms with Gasteiger partial charge in [0.25, 0.3) is 0 Å². The molecule has 5 nitrogen and oxygen atoms in total. The van der Waals surface area contributed by atoms with E-state index in [1.54, 1.807) is 0 Å². The van der Waals surface area contributed by atoms with Crippen molar-refractivity contribution in [2.24, 2.45) is 0 Å². The van der Waals surface area contributed by atoms with Gasteiger partial charge in [0, 0.05) is 36.5 Å². The van der Waals surface area contributed by atoms with Crippen molar-refractivity contribution in [2.75, 3.05) is 9.80 Å². The number of hydrogen-bond acceptors (Lipinski definition) is 6. The Bertz CT molecular complexity index is 2120. The first-order valence-corrected chi connectivity index (χ1v) is 16.4. The van der Waals surface area contributed by atoms with Gasteiger partial charge in [0.2, 0.25) is 0 Å². The number of fused-ring (bicyclic) bond motifs is 4. The molecule has 0 spiro atoms. The predicted octanol–water partition coefficient (Wildman–Crippen LogP) is 10.8. The minimum atomic E-state index is 0.826. The van der Waals surface area contributed by atoms with E-state index in [2.05, 4.69) is 166 Å². The Hall–Kier alpha value is -5.24. The zero-order valence-electron chi connectivity index (χ0n) is 24.0. The van der Waals surface area contributed by atoms with Gasteiger partial charge >= 0.3 is 0 Å². The standard InChI is InChI=1S/C38H25N5S2/c1-5-16-35-31(12-1)42(32-13-2-6-17-36(32)44-35)27-22-20-26(21-23-27)30-25-41(40-39-30)28-10-9-11-29(24-28)43-33-14-3-7-18-37(33)45-38-19-8-4-15-34(38)43/h1-25H. The number of hydrogen-bond donors (Lipinski definition) is 0. The minimum Gasteiger partial charge on any atom is -0.308 e. The molecule has 0 amide bonds. The van der Waals surface area contributed by atoms with Crippen LogP contribution in [0.15, 0.2) is 171 Å². The second kappa shape index (κ2) is 10.7. The number of para-hydroxylation sites is 4. The zero-order chi connectivity index (χ0) is 29.7. The molecule has 0 unspecified atom stereocenters. The highest BCUT2D eigenvalue weighted by atomic mass is 32.2. The van der Waals surface area contributed by atoms with Gasteiger partial charge in [0.05, 0.1) is 34.6 Å². The van der Waals surface area contributed by atoms with Gasteiger partial charge < -0.3 is 9.80 Å². The van der Waals surface area contributed by atoms with Crippen LogP contribution < -0.4 is 9.80 Å². The molecule has 3 heterocycles. The molecule has 7 aromatic rings. The molecule has 6 aromatic carbocycles. The molecule has 9 rings (SSSR count). The van der Waals surface area contributed by atoms with Crippen LogP contribution in [-0.4, -0.2) is 15.0 Å². The van der Waals surface area contributed by atoms with Crippen molar-refractivity contribution in [2.45, 2.75) is 19.6 Å². The number of nitrogens with zero attached hydrogens (tertiary/aromatic N) is 5. The van der Waals surface area contributed by atoms with Crippen molar-refractivity contribution < 1.29 is 0 Å². The van der Waals surface area contributed by atoms with Gasteiger partial charge in [-0.15, -0.1) is 5.10 Å². The largest absolute Gasteiger partial charge is 0.308 e. The van der Waals surface area contributed by atoms with E-state index in [-0.39, 0.29) is 0 Å². The van der Waals surface area contributed by atoms with Crippen LogP contribution in [-0.2, 0) is 0 Å². The first-order valence-electron chi connectivity index (χ1n) is 14.8. The highest BCUT2D eigenvalue weighted by Crippen LogP contribution is 2.52. The summed E-state index contributed by atoms with van der Waals surface area (Å²) in [5, 5.41) is 9.11. The smallest absolute Gasteiger partial charge is 0.113 e. The van der Waals surface area contributed by atoms with Crippen LogP contribution in [0.25, 0.3) is 16.9 Å². The molecule has 0 atom stereocenters. The Labute approximate surface area is 269 Å². The molecule has 0 saturated carbocycles. The summed E-state index contributed by atoms with van der Waals surface area (Å²) in [6.07, 6.45) is 2.00. The van der Waals surface area contributed by atoms with Gasteiger partial charge in [-0.25, -0.2) is 4.68 Å². The monoisotopic (exact) mass is 615 g/mol. The topological polar surface area (TPSA) is 37.2 Å². The van der Waals surface area contributed by atoms with Gasteiger partial charge in [-0.3, -0.25) is 0 Å². The van der Waals surface area contributed by atoms with Gasteiger partial charge in [0.15, 0.2) is 0 Å². The number of anilines is 6. The SMILES string of the molecule is c1cc(N2c3ccccc3Sc3ccccc32)cc(-n2cc(-c3ccc(N4c5ccccc5Sc5ccccc54)cc3)nn2)c1. The molecule has 0 bridgehead atoms. The third kappa shape index (κ3) is 4.51. The highest BCUT2D eigenvalue weighted by molar-refractivity contribution is 8.00. The summed E-state index contributed by atoms with van der Waals surface area (Å²) in [7, 11) is 0. The second-order valence-corrected chi connectivity index (χ2v) is 13.0. The average molecular weight is 616 g/mol. The van der Waals surface area contributed by atoms with Crippen molar-refractivity contribution >= 4 is 57.6 Å². The van der Waals surface area contributed by atoms with E-state index in [0.29, 0.717) is 0 Å². The molecular formula is C38H25N5S2. The summed E-state index contributed by atoms with van der Waals surface area (Å²) in [5.74, 6) is 0. The first kappa shape index (κ1) is 26.2. The fraction of sp³-hybridized carbons (Fsp3) is 0. The quantitative estimate of drug-likeness (QED) is 0.196. The van der Waals surface area contributed by atoms with Crippen molar-refractivity contribution in [3.05, 3.63) is 152 Å². The fourth-order valence-electron chi connectivity index (χ4n) is 6.04. The van der Waals surface area contributed by atoms with Crippen LogP contribution in [0.1, 0.15) is 0 Å². The summed E-state index contributed by atoms with van der Waals surface area (Å²) in [6, 6.07) is 51.4. The maximum absolute atomic E-state index is 4.57. The molecular weight excluding hydrogens is 591 g/mol. The summed E-state index contributed by atoms with van der Waals surface area (Å²) in [5.41, 5.74) is 9.72. The van der Waals surface area contributed by atoms with Crippen LogP contribution >= 0.6 is 23.5 Å². The Morgan fingerprint density at radius 3 is 1.42 bits per heavy atom. The molecule has 0 aliphatic carbocycles. The van der Waals surface area contributed by atoms with E-state index in [4.69, 9.17) is 0 Å². The van der Waals surface area contributed by atoms with E-state index in [9.17, 15) is 0 Å². The van der Waals surface area contributed by atoms with Gasteiger partial charge in [-0.2, -0.15) is 0 Å². The first-order chi connectivity index (χ1) is 22.3. The third-order valence-electron chi connectivity index (χ3n) is 8.13. The van der Waals surface area contributed by atoms with Crippen LogP contribution in [0, 0.1) is 0 Å². The lowest BCUT2D eigenvalue weighted by Gasteiger charge is -2.33. The Morgan fingerprint density at radius 2 is 0.889 bits per heavy atom. The summed E-state index contributed by atoms with van der Waals surface area (Å²) in [4.78, 5) is 9.65. The zero-order valence-corrected chi connectivity index (χ0v) is 25.6. The third-order valence-corrected chi connectivity index (χ3v) is 10.4. The Balaban J connectivity index is 1.04. The molecule has 7 heteroatoms. The van der Waals surface area contributed by atoms with Crippen molar-refractivity contribution in [3.63, 3.8) is 0 Å². The lowest BCUT2D eigenvalue weighted by Crippen LogP contribution is -2.15. The molecule has 0 fully saturated rings. The molecule has 0 N–H and O–H groups in total. The normalized spacial score (nSPS) is 13.1. The van der Waals surface area contributed by atoms with E-state index in [1.807, 2.05) is 34.4 Å². The van der Waals surface area contributed by atoms with Gasteiger partial charge in [-0.1, -0.05) is 95.5 Å². The average Bonchev–Trinajstić information content (AvgIpc) is 3.60. The molecule has 0 saturated heterocycles. The van der Waals surface area contributed by atoms with E-state index in [0.717, 1.165) is 28.3 Å². The van der Waals surface area contributed by atoms with E-state index >= 15 is 0 Å². The molecule has 1 aromatic heterocycles. The Kier molecular flexibility index (Phi) is 6.25. The molecule has 214 valence electrons. The maximum atomic E-state index is 4.57. The summed E-state index contributed by atoms with van der Waals surface area (Å²) >= 11 is 3.63. The van der Waals surface area contributed by atoms with Crippen LogP contribution in [0.2, 0.25) is 0 Å². The van der Waals surface area contributed by atoms with Crippen LogP contribution in [0.5, 0.6) is 0 Å². The van der Waals surface area contributed by atoms with E-state index in [1.165, 1.54) is 42.3 Å². The van der Waals surface area contributed by atoms with E-state index < -0.39 is 0 Å². The summed E-state index contributed by atoms with van der Waals surface area (Å²) < 4.78 is 1.86. The van der Waals surface area contributed by atoms with Crippen LogP contribution in [0.4, 0.5) is 34.1 Å². The second-order valence-electron chi connectivity index (χ2n) is 10.9. The minimum absolute atomic E-state index is 0.826. The number of aromatic nitrogens is 3. The summed E-state index contributed by atoms with van der Waals surface area (Å²) in [6.45, 7) is 0. The molecule has 2 aliphatic heterocycles. The van der Waals surface area contributed by atoms with Crippen molar-refractivity contribution in [3.8, 4) is 16.9 Å². The fourth-order valence-corrected chi connectivity index (χ4v) is 8.16. The maximum Gasteiger partial charge on any atom is 0.113 e. The lowest BCUT2D eigenvalue weighted by molar-refractivity contribution is 0.804. The number of rotatable bonds is 4. The highest BCUT2D eigenvalue weighted by Gasteiger charge is 2.26. The van der Waals surface area contributed by atoms with Crippen molar-refractivity contribution in [1.29, 1.82) is 0 Å². The molecule has 2 aliphatic rings.